The van der Waals surface area contributed by atoms with E-state index < -0.39 is 0 Å². The second-order valence-corrected chi connectivity index (χ2v) is 11.5. The highest BCUT2D eigenvalue weighted by molar-refractivity contribution is 5.44. The molecule has 0 heterocycles. The molecular weight excluding hydrogens is 320 g/mol. The fourth-order valence-corrected chi connectivity index (χ4v) is 4.61. The number of benzene rings is 1. The molecule has 0 amide bonds. The Balaban J connectivity index is 3.39. The van der Waals surface area contributed by atoms with E-state index >= 15 is 0 Å². The van der Waals surface area contributed by atoms with E-state index in [1.165, 1.54) is 11.1 Å². The lowest BCUT2D eigenvalue weighted by atomic mass is 9.68. The van der Waals surface area contributed by atoms with Crippen LogP contribution in [-0.2, 0) is 10.8 Å². The number of aliphatic hydroxyl groups excluding tert-OH is 1. The summed E-state index contributed by atoms with van der Waals surface area (Å²) >= 11 is 0. The largest absolute Gasteiger partial charge is 0.491 e. The molecule has 0 bridgehead atoms. The van der Waals surface area contributed by atoms with Crippen LogP contribution in [0.1, 0.15) is 93.2 Å². The van der Waals surface area contributed by atoms with Crippen LogP contribution in [0.3, 0.4) is 0 Å². The van der Waals surface area contributed by atoms with Crippen LogP contribution >= 0.6 is 0 Å². The van der Waals surface area contributed by atoms with Crippen LogP contribution in [0.2, 0.25) is 0 Å². The summed E-state index contributed by atoms with van der Waals surface area (Å²) in [5.74, 6) is 0.906. The van der Waals surface area contributed by atoms with Crippen molar-refractivity contribution in [2.24, 2.45) is 10.8 Å². The maximum Gasteiger partial charge on any atom is 0.123 e. The Bertz CT molecular complexity index is 583. The molecule has 1 rings (SSSR count). The molecule has 2 heteroatoms. The van der Waals surface area contributed by atoms with Crippen molar-refractivity contribution < 1.29 is 9.84 Å². The molecule has 0 aliphatic heterocycles. The van der Waals surface area contributed by atoms with Crippen molar-refractivity contribution in [3.05, 3.63) is 29.3 Å². The van der Waals surface area contributed by atoms with Crippen molar-refractivity contribution in [1.29, 1.82) is 0 Å². The molecule has 0 radical (unpaired) electrons. The first-order valence-electron chi connectivity index (χ1n) is 9.96. The van der Waals surface area contributed by atoms with E-state index in [0.29, 0.717) is 6.61 Å². The predicted octanol–water partition coefficient (Wildman–Crippen LogP) is 6.49. The van der Waals surface area contributed by atoms with Gasteiger partial charge in [-0.2, -0.15) is 0 Å². The second kappa shape index (κ2) is 7.92. The van der Waals surface area contributed by atoms with Gasteiger partial charge in [0.2, 0.25) is 0 Å². The highest BCUT2D eigenvalue weighted by atomic mass is 16.5. The molecular formula is C24H42O2. The Morgan fingerprint density at radius 2 is 1.27 bits per heavy atom. The van der Waals surface area contributed by atoms with E-state index in [1.54, 1.807) is 0 Å². The number of rotatable bonds is 7. The van der Waals surface area contributed by atoms with Gasteiger partial charge in [-0.15, -0.1) is 0 Å². The van der Waals surface area contributed by atoms with E-state index in [0.717, 1.165) is 18.6 Å². The van der Waals surface area contributed by atoms with Crippen LogP contribution in [0.5, 0.6) is 5.75 Å². The van der Waals surface area contributed by atoms with Crippen molar-refractivity contribution in [3.8, 4) is 5.75 Å². The van der Waals surface area contributed by atoms with Crippen LogP contribution in [0.15, 0.2) is 18.2 Å². The van der Waals surface area contributed by atoms with E-state index in [-0.39, 0.29) is 28.3 Å². The average Bonchev–Trinajstić information content (AvgIpc) is 2.39. The third-order valence-corrected chi connectivity index (χ3v) is 4.78. The lowest BCUT2D eigenvalue weighted by Crippen LogP contribution is -2.28. The summed E-state index contributed by atoms with van der Waals surface area (Å²) in [6.45, 7) is 23.4. The molecule has 0 saturated heterocycles. The fraction of sp³-hybridized carbons (Fsp3) is 0.750. The van der Waals surface area contributed by atoms with Gasteiger partial charge in [-0.3, -0.25) is 0 Å². The van der Waals surface area contributed by atoms with Gasteiger partial charge < -0.3 is 9.84 Å². The smallest absolute Gasteiger partial charge is 0.123 e. The van der Waals surface area contributed by atoms with Crippen LogP contribution in [0.4, 0.5) is 0 Å². The highest BCUT2D eigenvalue weighted by Gasteiger charge is 2.33. The van der Waals surface area contributed by atoms with E-state index in [1.807, 2.05) is 0 Å². The summed E-state index contributed by atoms with van der Waals surface area (Å²) in [6, 6.07) is 6.66. The number of aliphatic hydroxyl groups is 1. The van der Waals surface area contributed by atoms with Gasteiger partial charge in [0.1, 0.15) is 12.4 Å². The summed E-state index contributed by atoms with van der Waals surface area (Å²) in [6.07, 6.45) is 2.19. The molecule has 0 aliphatic carbocycles. The van der Waals surface area contributed by atoms with Gasteiger partial charge in [0, 0.05) is 5.56 Å². The molecule has 0 fully saturated rings. The Hall–Kier alpha value is -1.02. The fourth-order valence-electron chi connectivity index (χ4n) is 4.61. The zero-order chi connectivity index (χ0) is 20.4. The van der Waals surface area contributed by atoms with Crippen molar-refractivity contribution in [2.75, 3.05) is 13.2 Å². The monoisotopic (exact) mass is 362 g/mol. The van der Waals surface area contributed by atoms with Crippen LogP contribution in [0, 0.1) is 10.8 Å². The first-order chi connectivity index (χ1) is 11.6. The van der Waals surface area contributed by atoms with Gasteiger partial charge >= 0.3 is 0 Å². The molecule has 0 atom stereocenters. The summed E-state index contributed by atoms with van der Waals surface area (Å²) in [5.41, 5.74) is 3.21. The van der Waals surface area contributed by atoms with E-state index in [4.69, 9.17) is 4.74 Å². The minimum atomic E-state index is -0.00311. The van der Waals surface area contributed by atoms with Gasteiger partial charge in [-0.1, -0.05) is 81.4 Å². The zero-order valence-electron chi connectivity index (χ0n) is 18.9. The number of hydrogen-bond donors (Lipinski definition) is 1. The zero-order valence-corrected chi connectivity index (χ0v) is 18.9. The molecule has 1 N–H and O–H groups in total. The van der Waals surface area contributed by atoms with Gasteiger partial charge in [-0.05, 0) is 46.1 Å². The molecule has 1 aromatic rings. The van der Waals surface area contributed by atoms with Crippen molar-refractivity contribution in [1.82, 2.24) is 0 Å². The SMILES string of the molecule is CC(C)(C)CC(C)(C)c1ccc(OCCO)c(C(C)(C)CC(C)(C)C)c1. The Morgan fingerprint density at radius 1 is 0.769 bits per heavy atom. The van der Waals surface area contributed by atoms with Crippen LogP contribution in [0.25, 0.3) is 0 Å². The topological polar surface area (TPSA) is 29.5 Å². The Labute approximate surface area is 162 Å². The molecule has 2 nitrogen and oxygen atoms in total. The quantitative estimate of drug-likeness (QED) is 0.601. The van der Waals surface area contributed by atoms with Crippen LogP contribution < -0.4 is 4.74 Å². The van der Waals surface area contributed by atoms with Crippen LogP contribution in [-0.4, -0.2) is 18.3 Å². The summed E-state index contributed by atoms with van der Waals surface area (Å²) in [5, 5.41) is 9.19. The van der Waals surface area contributed by atoms with Crippen molar-refractivity contribution >= 4 is 0 Å². The van der Waals surface area contributed by atoms with E-state index in [9.17, 15) is 5.11 Å². The molecule has 0 unspecified atom stereocenters. The maximum absolute atomic E-state index is 9.19. The molecule has 0 saturated carbocycles. The summed E-state index contributed by atoms with van der Waals surface area (Å²) < 4.78 is 5.91. The first-order valence-corrected chi connectivity index (χ1v) is 9.96. The molecule has 26 heavy (non-hydrogen) atoms. The standard InChI is InChI=1S/C24H42O2/c1-21(2,3)16-23(7,8)18-11-12-20(26-14-13-25)19(15-18)24(9,10)17-22(4,5)6/h11-12,15,25H,13-14,16-17H2,1-10H3. The van der Waals surface area contributed by atoms with Gasteiger partial charge in [0.15, 0.2) is 0 Å². The normalized spacial score (nSPS) is 13.8. The minimum absolute atomic E-state index is 0.00311. The number of ether oxygens (including phenoxy) is 1. The second-order valence-electron chi connectivity index (χ2n) is 11.5. The Kier molecular flexibility index (Phi) is 7.01. The van der Waals surface area contributed by atoms with Gasteiger partial charge in [0.25, 0.3) is 0 Å². The molecule has 0 aromatic heterocycles. The van der Waals surface area contributed by atoms with E-state index in [2.05, 4.69) is 87.4 Å². The van der Waals surface area contributed by atoms with Gasteiger partial charge in [-0.25, -0.2) is 0 Å². The summed E-state index contributed by atoms with van der Waals surface area (Å²) in [4.78, 5) is 0. The molecule has 0 aliphatic rings. The third kappa shape index (κ3) is 6.95. The van der Waals surface area contributed by atoms with Gasteiger partial charge in [0.05, 0.1) is 6.61 Å². The minimum Gasteiger partial charge on any atom is -0.491 e. The first kappa shape index (κ1) is 23.0. The molecule has 0 spiro atoms. The third-order valence-electron chi connectivity index (χ3n) is 4.78. The Morgan fingerprint density at radius 3 is 1.73 bits per heavy atom. The predicted molar refractivity (Wildman–Crippen MR) is 113 cm³/mol. The molecule has 150 valence electrons. The summed E-state index contributed by atoms with van der Waals surface area (Å²) in [7, 11) is 0. The molecule has 1 aromatic carbocycles. The lowest BCUT2D eigenvalue weighted by Gasteiger charge is -2.37. The average molecular weight is 363 g/mol. The lowest BCUT2D eigenvalue weighted by molar-refractivity contribution is 0.195. The highest BCUT2D eigenvalue weighted by Crippen LogP contribution is 2.43. The number of hydrogen-bond acceptors (Lipinski definition) is 2. The van der Waals surface area contributed by atoms with Crippen molar-refractivity contribution in [2.45, 2.75) is 92.9 Å². The van der Waals surface area contributed by atoms with Crippen molar-refractivity contribution in [3.63, 3.8) is 0 Å². The maximum atomic E-state index is 9.19.